The van der Waals surface area contributed by atoms with Gasteiger partial charge in [0.1, 0.15) is 0 Å². The third-order valence-corrected chi connectivity index (χ3v) is 4.96. The van der Waals surface area contributed by atoms with Crippen molar-refractivity contribution < 1.29 is 18.3 Å². The van der Waals surface area contributed by atoms with Crippen LogP contribution in [0.2, 0.25) is 0 Å². The topological polar surface area (TPSA) is 125 Å². The summed E-state index contributed by atoms with van der Waals surface area (Å²) in [5.41, 5.74) is 6.52. The molecule has 4 N–H and O–H groups in total. The Morgan fingerprint density at radius 1 is 1.67 bits per heavy atom. The Bertz CT molecular complexity index is 650. The van der Waals surface area contributed by atoms with E-state index in [2.05, 4.69) is 9.71 Å². The lowest BCUT2D eigenvalue weighted by atomic mass is 10.0. The number of nitrogens with two attached hydrogens (primary N) is 1. The van der Waals surface area contributed by atoms with Gasteiger partial charge in [0.2, 0.25) is 0 Å². The number of hydrogen-bond acceptors (Lipinski definition) is 5. The van der Waals surface area contributed by atoms with Crippen LogP contribution in [0.3, 0.4) is 0 Å². The number of fused-ring (bicyclic) bond motifs is 1. The first-order valence-corrected chi connectivity index (χ1v) is 7.99. The fourth-order valence-electron chi connectivity index (χ4n) is 2.07. The van der Waals surface area contributed by atoms with Gasteiger partial charge in [-0.15, -0.1) is 0 Å². The first kappa shape index (κ1) is 15.7. The van der Waals surface area contributed by atoms with Gasteiger partial charge in [-0.05, 0) is 25.8 Å². The van der Waals surface area contributed by atoms with Crippen molar-refractivity contribution in [3.8, 4) is 0 Å². The highest BCUT2D eigenvalue weighted by Crippen LogP contribution is 2.28. The van der Waals surface area contributed by atoms with Crippen molar-refractivity contribution in [2.24, 2.45) is 10.7 Å². The minimum Gasteiger partial charge on any atom is -0.478 e. The molecule has 0 aromatic carbocycles. The second kappa shape index (κ2) is 5.58. The molecule has 0 aromatic heterocycles. The molecule has 0 saturated heterocycles. The number of carbonyl (C=O) groups is 1. The number of rotatable bonds is 5. The van der Waals surface area contributed by atoms with E-state index in [4.69, 9.17) is 10.8 Å². The van der Waals surface area contributed by atoms with Crippen molar-refractivity contribution in [2.75, 3.05) is 0 Å². The van der Waals surface area contributed by atoms with Gasteiger partial charge in [0.25, 0.3) is 0 Å². The van der Waals surface area contributed by atoms with E-state index in [1.165, 1.54) is 12.2 Å². The van der Waals surface area contributed by atoms with Gasteiger partial charge in [0.05, 0.1) is 11.4 Å². The van der Waals surface area contributed by atoms with E-state index >= 15 is 0 Å². The minimum atomic E-state index is -3.83. The van der Waals surface area contributed by atoms with E-state index in [9.17, 15) is 13.2 Å². The molecule has 0 aromatic rings. The quantitative estimate of drug-likeness (QED) is 0.654. The molecule has 0 radical (unpaired) electrons. The average Bonchev–Trinajstić information content (AvgIpc) is 2.73. The number of carboxylic acids is 1. The van der Waals surface area contributed by atoms with Crippen LogP contribution in [-0.4, -0.2) is 41.8 Å². The Morgan fingerprint density at radius 3 is 2.90 bits per heavy atom. The molecule has 2 rings (SSSR count). The van der Waals surface area contributed by atoms with Crippen molar-refractivity contribution in [2.45, 2.75) is 39.0 Å². The molecular formula is C12H18N4O4S. The standard InChI is InChI=1S/C12H18N4O4S/c1-3-7(2)15-21(19,20)16-10-5-4-8(11(17)18)6-9(10)14-12(16)13/h5-7,12,15H,3-4,13H2,1-2H3,(H,17,18). The Kier molecular flexibility index (Phi) is 4.17. The molecule has 2 atom stereocenters. The third kappa shape index (κ3) is 2.99. The zero-order chi connectivity index (χ0) is 15.8. The molecule has 1 aliphatic carbocycles. The van der Waals surface area contributed by atoms with Crippen LogP contribution in [0.4, 0.5) is 0 Å². The van der Waals surface area contributed by atoms with E-state index in [0.717, 1.165) is 4.31 Å². The van der Waals surface area contributed by atoms with Crippen molar-refractivity contribution >= 4 is 21.9 Å². The summed E-state index contributed by atoms with van der Waals surface area (Å²) in [6.45, 7) is 3.61. The predicted octanol–water partition coefficient (Wildman–Crippen LogP) is -0.0832. The molecule has 8 nitrogen and oxygen atoms in total. The molecule has 2 aliphatic rings. The first-order valence-electron chi connectivity index (χ1n) is 6.55. The summed E-state index contributed by atoms with van der Waals surface area (Å²) >= 11 is 0. The first-order chi connectivity index (χ1) is 9.76. The lowest BCUT2D eigenvalue weighted by Crippen LogP contribution is -2.49. The van der Waals surface area contributed by atoms with E-state index < -0.39 is 22.5 Å². The van der Waals surface area contributed by atoms with Gasteiger partial charge in [0.15, 0.2) is 6.29 Å². The van der Waals surface area contributed by atoms with Crippen LogP contribution in [0.5, 0.6) is 0 Å². The van der Waals surface area contributed by atoms with Crippen molar-refractivity contribution in [1.29, 1.82) is 0 Å². The number of hydrogen-bond donors (Lipinski definition) is 3. The average molecular weight is 314 g/mol. The van der Waals surface area contributed by atoms with Gasteiger partial charge in [-0.2, -0.15) is 13.1 Å². The highest BCUT2D eigenvalue weighted by atomic mass is 32.2. The molecule has 9 heteroatoms. The Morgan fingerprint density at radius 2 is 2.33 bits per heavy atom. The molecule has 0 spiro atoms. The van der Waals surface area contributed by atoms with Crippen LogP contribution < -0.4 is 10.5 Å². The zero-order valence-electron chi connectivity index (χ0n) is 11.8. The van der Waals surface area contributed by atoms with E-state index in [1.54, 1.807) is 6.92 Å². The summed E-state index contributed by atoms with van der Waals surface area (Å²) in [4.78, 5) is 15.0. The molecule has 0 bridgehead atoms. The van der Waals surface area contributed by atoms with E-state index in [-0.39, 0.29) is 23.7 Å². The molecular weight excluding hydrogens is 296 g/mol. The maximum atomic E-state index is 12.4. The molecule has 0 amide bonds. The van der Waals surface area contributed by atoms with E-state index in [1.807, 2.05) is 6.92 Å². The number of allylic oxidation sites excluding steroid dienone is 2. The molecule has 116 valence electrons. The lowest BCUT2D eigenvalue weighted by Gasteiger charge is -2.26. The van der Waals surface area contributed by atoms with Gasteiger partial charge in [0, 0.05) is 11.6 Å². The summed E-state index contributed by atoms with van der Waals surface area (Å²) in [5, 5.41) is 8.97. The fourth-order valence-corrected chi connectivity index (χ4v) is 3.62. The molecule has 2 unspecified atom stereocenters. The largest absolute Gasteiger partial charge is 0.478 e. The van der Waals surface area contributed by atoms with Gasteiger partial charge < -0.3 is 5.11 Å². The molecule has 0 fully saturated rings. The van der Waals surface area contributed by atoms with Crippen LogP contribution in [0.15, 0.2) is 28.4 Å². The number of aliphatic imine (C=N–C) groups is 1. The summed E-state index contributed by atoms with van der Waals surface area (Å²) in [6.07, 6.45) is 2.56. The lowest BCUT2D eigenvalue weighted by molar-refractivity contribution is -0.132. The smallest absolute Gasteiger partial charge is 0.331 e. The highest BCUT2D eigenvalue weighted by Gasteiger charge is 2.38. The van der Waals surface area contributed by atoms with Crippen LogP contribution in [0, 0.1) is 0 Å². The van der Waals surface area contributed by atoms with Crippen LogP contribution in [-0.2, 0) is 15.0 Å². The number of aliphatic carboxylic acids is 1. The van der Waals surface area contributed by atoms with Crippen LogP contribution >= 0.6 is 0 Å². The monoisotopic (exact) mass is 314 g/mol. The normalized spacial score (nSPS) is 23.1. The Balaban J connectivity index is 2.29. The minimum absolute atomic E-state index is 0.131. The number of carboxylic acid groups (broad SMARTS) is 1. The maximum absolute atomic E-state index is 12.4. The summed E-state index contributed by atoms with van der Waals surface area (Å²) < 4.78 is 28.2. The SMILES string of the molecule is CCC(C)NS(=O)(=O)N1C2=CCC(C(=O)O)=CC2=NC1N. The van der Waals surface area contributed by atoms with Crippen molar-refractivity contribution in [1.82, 2.24) is 9.03 Å². The van der Waals surface area contributed by atoms with Gasteiger partial charge in [-0.1, -0.05) is 13.0 Å². The van der Waals surface area contributed by atoms with E-state index in [0.29, 0.717) is 12.1 Å². The summed E-state index contributed by atoms with van der Waals surface area (Å²) in [5.74, 6) is -1.05. The molecule has 1 aliphatic heterocycles. The highest BCUT2D eigenvalue weighted by molar-refractivity contribution is 7.87. The summed E-state index contributed by atoms with van der Waals surface area (Å²) in [6, 6.07) is -0.236. The maximum Gasteiger partial charge on any atom is 0.331 e. The fraction of sp³-hybridized carbons (Fsp3) is 0.500. The second-order valence-electron chi connectivity index (χ2n) is 4.92. The number of nitrogens with one attached hydrogen (secondary N) is 1. The zero-order valence-corrected chi connectivity index (χ0v) is 12.6. The van der Waals surface area contributed by atoms with Crippen LogP contribution in [0.1, 0.15) is 26.7 Å². The Labute approximate surface area is 123 Å². The third-order valence-electron chi connectivity index (χ3n) is 3.33. The molecule has 0 saturated carbocycles. The number of nitrogens with zero attached hydrogens (tertiary/aromatic N) is 2. The van der Waals surface area contributed by atoms with Crippen LogP contribution in [0.25, 0.3) is 0 Å². The second-order valence-corrected chi connectivity index (χ2v) is 6.50. The molecule has 21 heavy (non-hydrogen) atoms. The van der Waals surface area contributed by atoms with Crippen molar-refractivity contribution in [3.05, 3.63) is 23.4 Å². The van der Waals surface area contributed by atoms with Gasteiger partial charge >= 0.3 is 16.2 Å². The predicted molar refractivity (Wildman–Crippen MR) is 77.5 cm³/mol. The van der Waals surface area contributed by atoms with Crippen molar-refractivity contribution in [3.63, 3.8) is 0 Å². The van der Waals surface area contributed by atoms with Gasteiger partial charge in [-0.25, -0.2) is 14.1 Å². The Hall–Kier alpha value is -1.71. The molecule has 1 heterocycles. The summed E-state index contributed by atoms with van der Waals surface area (Å²) in [7, 11) is -3.83. The van der Waals surface area contributed by atoms with Gasteiger partial charge in [-0.3, -0.25) is 5.73 Å².